The molecule has 0 spiro atoms. The average Bonchev–Trinajstić information content (AvgIpc) is 2.38. The van der Waals surface area contributed by atoms with Gasteiger partial charge in [0.15, 0.2) is 0 Å². The van der Waals surface area contributed by atoms with Gasteiger partial charge in [-0.25, -0.2) is 0 Å². The van der Waals surface area contributed by atoms with Gasteiger partial charge >= 0.3 is 0 Å². The standard InChI is InChI=1S/C18H21/c1-15(2)14-18-12-10-17(11-13-18)9-8-16-6-4-3-5-7-16/h4-7,10-13,15H,8-9,14H2,1-2H3. The molecule has 0 aliphatic carbocycles. The summed E-state index contributed by atoms with van der Waals surface area (Å²) in [5, 5.41) is 0. The molecular weight excluding hydrogens is 216 g/mol. The Bertz CT molecular complexity index is 451. The van der Waals surface area contributed by atoms with E-state index in [4.69, 9.17) is 0 Å². The monoisotopic (exact) mass is 237 g/mol. The summed E-state index contributed by atoms with van der Waals surface area (Å²) >= 11 is 0. The van der Waals surface area contributed by atoms with Crippen molar-refractivity contribution in [3.8, 4) is 0 Å². The summed E-state index contributed by atoms with van der Waals surface area (Å²) in [4.78, 5) is 0. The van der Waals surface area contributed by atoms with Crippen molar-refractivity contribution in [2.45, 2.75) is 33.1 Å². The van der Waals surface area contributed by atoms with Gasteiger partial charge in [0.2, 0.25) is 0 Å². The van der Waals surface area contributed by atoms with Gasteiger partial charge < -0.3 is 0 Å². The van der Waals surface area contributed by atoms with Gasteiger partial charge in [-0.2, -0.15) is 0 Å². The number of hydrogen-bond acceptors (Lipinski definition) is 0. The maximum Gasteiger partial charge on any atom is -0.0184 e. The van der Waals surface area contributed by atoms with E-state index in [2.05, 4.69) is 56.3 Å². The number of hydrogen-bond donors (Lipinski definition) is 0. The third kappa shape index (κ3) is 4.03. The van der Waals surface area contributed by atoms with E-state index in [9.17, 15) is 0 Å². The molecule has 0 heterocycles. The Morgan fingerprint density at radius 1 is 0.778 bits per heavy atom. The predicted octanol–water partition coefficient (Wildman–Crippen LogP) is 4.47. The van der Waals surface area contributed by atoms with Crippen molar-refractivity contribution < 1.29 is 0 Å². The first-order valence-corrected chi connectivity index (χ1v) is 6.77. The van der Waals surface area contributed by atoms with E-state index in [0.717, 1.165) is 18.8 Å². The minimum atomic E-state index is 0.733. The molecule has 0 amide bonds. The summed E-state index contributed by atoms with van der Waals surface area (Å²) in [6.45, 7) is 4.53. The van der Waals surface area contributed by atoms with Crippen LogP contribution in [0.3, 0.4) is 0 Å². The van der Waals surface area contributed by atoms with Crippen LogP contribution in [0.2, 0.25) is 0 Å². The molecule has 0 fully saturated rings. The van der Waals surface area contributed by atoms with Crippen LogP contribution >= 0.6 is 0 Å². The zero-order valence-electron chi connectivity index (χ0n) is 11.3. The Labute approximate surface area is 111 Å². The molecule has 0 unspecified atom stereocenters. The molecule has 0 bridgehead atoms. The van der Waals surface area contributed by atoms with Gasteiger partial charge in [-0.3, -0.25) is 0 Å². The van der Waals surface area contributed by atoms with Crippen molar-refractivity contribution in [1.29, 1.82) is 0 Å². The third-order valence-corrected chi connectivity index (χ3v) is 3.16. The lowest BCUT2D eigenvalue weighted by atomic mass is 9.99. The first kappa shape index (κ1) is 12.9. The van der Waals surface area contributed by atoms with Crippen LogP contribution in [-0.2, 0) is 19.3 Å². The molecule has 0 aliphatic rings. The van der Waals surface area contributed by atoms with Gasteiger partial charge in [0.25, 0.3) is 0 Å². The summed E-state index contributed by atoms with van der Waals surface area (Å²) in [6, 6.07) is 20.4. The zero-order valence-corrected chi connectivity index (χ0v) is 11.3. The highest BCUT2D eigenvalue weighted by molar-refractivity contribution is 5.24. The van der Waals surface area contributed by atoms with E-state index >= 15 is 0 Å². The molecular formula is C18H21. The average molecular weight is 237 g/mol. The molecule has 0 saturated heterocycles. The minimum absolute atomic E-state index is 0.733. The molecule has 93 valence electrons. The Morgan fingerprint density at radius 3 is 1.83 bits per heavy atom. The highest BCUT2D eigenvalue weighted by Gasteiger charge is 1.99. The van der Waals surface area contributed by atoms with Gasteiger partial charge in [-0.15, -0.1) is 0 Å². The number of aryl methyl sites for hydroxylation is 2. The summed E-state index contributed by atoms with van der Waals surface area (Å²) < 4.78 is 0. The largest absolute Gasteiger partial charge is 0.0625 e. The Hall–Kier alpha value is -1.56. The molecule has 18 heavy (non-hydrogen) atoms. The Balaban J connectivity index is 1.90. The fraction of sp³-hybridized carbons (Fsp3) is 0.333. The minimum Gasteiger partial charge on any atom is -0.0625 e. The second kappa shape index (κ2) is 6.39. The van der Waals surface area contributed by atoms with Crippen molar-refractivity contribution >= 4 is 0 Å². The lowest BCUT2D eigenvalue weighted by Crippen LogP contribution is -1.95. The topological polar surface area (TPSA) is 0 Å². The quantitative estimate of drug-likeness (QED) is 0.719. The molecule has 0 saturated carbocycles. The smallest absolute Gasteiger partial charge is 0.0184 e. The lowest BCUT2D eigenvalue weighted by molar-refractivity contribution is 0.647. The van der Waals surface area contributed by atoms with Gasteiger partial charge in [-0.1, -0.05) is 62.4 Å². The molecule has 0 atom stereocenters. The van der Waals surface area contributed by atoms with Crippen molar-refractivity contribution in [3.05, 3.63) is 71.3 Å². The van der Waals surface area contributed by atoms with E-state index in [1.807, 2.05) is 12.1 Å². The summed E-state index contributed by atoms with van der Waals surface area (Å²) in [6.07, 6.45) is 3.40. The van der Waals surface area contributed by atoms with E-state index in [1.54, 1.807) is 0 Å². The first-order chi connectivity index (χ1) is 8.74. The molecule has 0 aliphatic heterocycles. The highest BCUT2D eigenvalue weighted by Crippen LogP contribution is 2.12. The van der Waals surface area contributed by atoms with Crippen LogP contribution in [0.4, 0.5) is 0 Å². The van der Waals surface area contributed by atoms with Crippen LogP contribution in [0.25, 0.3) is 0 Å². The van der Waals surface area contributed by atoms with Crippen LogP contribution in [0.15, 0.2) is 48.5 Å². The Kier molecular flexibility index (Phi) is 4.58. The van der Waals surface area contributed by atoms with Crippen LogP contribution in [-0.4, -0.2) is 0 Å². The summed E-state index contributed by atoms with van der Waals surface area (Å²) in [7, 11) is 0. The van der Waals surface area contributed by atoms with E-state index in [0.29, 0.717) is 0 Å². The van der Waals surface area contributed by atoms with Crippen molar-refractivity contribution in [2.24, 2.45) is 5.92 Å². The normalized spacial score (nSPS) is 10.8. The van der Waals surface area contributed by atoms with Crippen LogP contribution < -0.4 is 0 Å². The Morgan fingerprint density at radius 2 is 1.28 bits per heavy atom. The van der Waals surface area contributed by atoms with Crippen LogP contribution in [0.5, 0.6) is 0 Å². The maximum atomic E-state index is 3.06. The second-order valence-corrected chi connectivity index (χ2v) is 5.32. The molecule has 2 rings (SSSR count). The summed E-state index contributed by atoms with van der Waals surface area (Å²) in [5.74, 6) is 0.733. The van der Waals surface area contributed by atoms with Gasteiger partial charge in [0.05, 0.1) is 0 Å². The van der Waals surface area contributed by atoms with Crippen LogP contribution in [0, 0.1) is 12.0 Å². The second-order valence-electron chi connectivity index (χ2n) is 5.32. The van der Waals surface area contributed by atoms with Crippen molar-refractivity contribution in [2.75, 3.05) is 0 Å². The van der Waals surface area contributed by atoms with Crippen molar-refractivity contribution in [3.63, 3.8) is 0 Å². The molecule has 2 aromatic carbocycles. The molecule has 2 aromatic rings. The fourth-order valence-electron chi connectivity index (χ4n) is 2.19. The number of benzene rings is 2. The van der Waals surface area contributed by atoms with Gasteiger partial charge in [-0.05, 0) is 47.9 Å². The highest BCUT2D eigenvalue weighted by atomic mass is 14.0. The van der Waals surface area contributed by atoms with E-state index < -0.39 is 0 Å². The molecule has 0 aromatic heterocycles. The molecule has 0 heteroatoms. The first-order valence-electron chi connectivity index (χ1n) is 6.77. The lowest BCUT2D eigenvalue weighted by Gasteiger charge is -2.06. The van der Waals surface area contributed by atoms with E-state index in [-0.39, 0.29) is 0 Å². The third-order valence-electron chi connectivity index (χ3n) is 3.16. The molecule has 0 N–H and O–H groups in total. The predicted molar refractivity (Wildman–Crippen MR) is 77.7 cm³/mol. The van der Waals surface area contributed by atoms with Crippen LogP contribution in [0.1, 0.15) is 30.5 Å². The fourth-order valence-corrected chi connectivity index (χ4v) is 2.19. The zero-order chi connectivity index (χ0) is 12.8. The SMILES string of the molecule is CC(C)Cc1ccc(CCc2cc[c]cc2)cc1. The van der Waals surface area contributed by atoms with Gasteiger partial charge in [0.1, 0.15) is 0 Å². The number of rotatable bonds is 5. The van der Waals surface area contributed by atoms with Gasteiger partial charge in [0, 0.05) is 0 Å². The molecule has 1 radical (unpaired) electrons. The van der Waals surface area contributed by atoms with Crippen molar-refractivity contribution in [1.82, 2.24) is 0 Å². The van der Waals surface area contributed by atoms with E-state index in [1.165, 1.54) is 23.1 Å². The maximum absolute atomic E-state index is 3.06. The molecule has 0 nitrogen and oxygen atoms in total. The summed E-state index contributed by atoms with van der Waals surface area (Å²) in [5.41, 5.74) is 4.26.